The Morgan fingerprint density at radius 3 is 2.90 bits per heavy atom. The second-order valence-electron chi connectivity index (χ2n) is 5.17. The fourth-order valence-electron chi connectivity index (χ4n) is 2.76. The van der Waals surface area contributed by atoms with E-state index in [9.17, 15) is 4.79 Å². The third kappa shape index (κ3) is 3.28. The highest BCUT2D eigenvalue weighted by molar-refractivity contribution is 5.92. The zero-order chi connectivity index (χ0) is 13.9. The number of carbonyl (C=O) groups excluding carboxylic acids is 1. The molecule has 2 aromatic rings. The Balaban J connectivity index is 0.00000161. The number of nitrogens with zero attached hydrogens (tertiary/aromatic N) is 1. The predicted molar refractivity (Wildman–Crippen MR) is 85.9 cm³/mol. The van der Waals surface area contributed by atoms with E-state index < -0.39 is 0 Å². The maximum atomic E-state index is 12.1. The predicted octanol–water partition coefficient (Wildman–Crippen LogP) is 2.06. The summed E-state index contributed by atoms with van der Waals surface area (Å²) >= 11 is 0. The minimum Gasteiger partial charge on any atom is -0.349 e. The SMILES string of the molecule is Cl.Cn1cccc1C(=O)NCC1NCCc2ccccc21. The molecule has 4 nitrogen and oxygen atoms in total. The summed E-state index contributed by atoms with van der Waals surface area (Å²) in [5, 5.41) is 6.48. The molecule has 1 amide bonds. The van der Waals surface area contributed by atoms with Crippen molar-refractivity contribution in [3.05, 3.63) is 59.4 Å². The molecular formula is C16H20ClN3O. The van der Waals surface area contributed by atoms with E-state index in [1.807, 2.05) is 29.9 Å². The number of aryl methyl sites for hydroxylation is 1. The van der Waals surface area contributed by atoms with Crippen LogP contribution in [0.1, 0.15) is 27.7 Å². The van der Waals surface area contributed by atoms with Crippen LogP contribution < -0.4 is 10.6 Å². The maximum absolute atomic E-state index is 12.1. The van der Waals surface area contributed by atoms with Gasteiger partial charge in [-0.1, -0.05) is 24.3 Å². The number of hydrogen-bond acceptors (Lipinski definition) is 2. The van der Waals surface area contributed by atoms with Gasteiger partial charge < -0.3 is 15.2 Å². The van der Waals surface area contributed by atoms with Gasteiger partial charge in [0.05, 0.1) is 0 Å². The molecule has 0 saturated carbocycles. The van der Waals surface area contributed by atoms with Gasteiger partial charge in [-0.05, 0) is 36.2 Å². The Bertz CT molecular complexity index is 623. The molecule has 0 saturated heterocycles. The topological polar surface area (TPSA) is 46.1 Å². The van der Waals surface area contributed by atoms with Crippen LogP contribution in [0.2, 0.25) is 0 Å². The quantitative estimate of drug-likeness (QED) is 0.912. The monoisotopic (exact) mass is 305 g/mol. The van der Waals surface area contributed by atoms with Crippen LogP contribution >= 0.6 is 12.4 Å². The van der Waals surface area contributed by atoms with Gasteiger partial charge in [-0.15, -0.1) is 12.4 Å². The fraction of sp³-hybridized carbons (Fsp3) is 0.312. The Hall–Kier alpha value is -1.78. The Kier molecular flexibility index (Phi) is 5.04. The normalized spacial score (nSPS) is 16.7. The summed E-state index contributed by atoms with van der Waals surface area (Å²) in [6.07, 6.45) is 2.93. The van der Waals surface area contributed by atoms with Gasteiger partial charge >= 0.3 is 0 Å². The second kappa shape index (κ2) is 6.78. The molecule has 2 N–H and O–H groups in total. The number of carbonyl (C=O) groups is 1. The van der Waals surface area contributed by atoms with Crippen molar-refractivity contribution in [2.75, 3.05) is 13.1 Å². The van der Waals surface area contributed by atoms with Crippen LogP contribution in [0.4, 0.5) is 0 Å². The molecule has 0 fully saturated rings. The fourth-order valence-corrected chi connectivity index (χ4v) is 2.76. The lowest BCUT2D eigenvalue weighted by molar-refractivity contribution is 0.0941. The number of nitrogens with one attached hydrogen (secondary N) is 2. The van der Waals surface area contributed by atoms with Gasteiger partial charge in [-0.3, -0.25) is 4.79 Å². The molecule has 1 aromatic carbocycles. The third-order valence-corrected chi connectivity index (χ3v) is 3.86. The minimum absolute atomic E-state index is 0. The minimum atomic E-state index is -0.0256. The Morgan fingerprint density at radius 2 is 2.14 bits per heavy atom. The maximum Gasteiger partial charge on any atom is 0.267 e. The van der Waals surface area contributed by atoms with Crippen LogP contribution in [0.25, 0.3) is 0 Å². The standard InChI is InChI=1S/C16H19N3O.ClH/c1-19-10-4-7-15(19)16(20)18-11-14-13-6-3-2-5-12(13)8-9-17-14;/h2-7,10,14,17H,8-9,11H2,1H3,(H,18,20);1H. The van der Waals surface area contributed by atoms with Crippen LogP contribution in [0.5, 0.6) is 0 Å². The molecule has 1 atom stereocenters. The summed E-state index contributed by atoms with van der Waals surface area (Å²) < 4.78 is 1.83. The highest BCUT2D eigenvalue weighted by atomic mass is 35.5. The van der Waals surface area contributed by atoms with Gasteiger partial charge in [0.1, 0.15) is 5.69 Å². The molecule has 0 bridgehead atoms. The highest BCUT2D eigenvalue weighted by Gasteiger charge is 2.20. The van der Waals surface area contributed by atoms with E-state index in [1.54, 1.807) is 0 Å². The van der Waals surface area contributed by atoms with E-state index in [0.29, 0.717) is 12.2 Å². The van der Waals surface area contributed by atoms with E-state index in [-0.39, 0.29) is 24.4 Å². The summed E-state index contributed by atoms with van der Waals surface area (Å²) in [6.45, 7) is 1.57. The van der Waals surface area contributed by atoms with Crippen molar-refractivity contribution < 1.29 is 4.79 Å². The molecule has 2 heterocycles. The number of benzene rings is 1. The molecule has 112 valence electrons. The number of rotatable bonds is 3. The summed E-state index contributed by atoms with van der Waals surface area (Å²) in [5.41, 5.74) is 3.37. The molecule has 3 rings (SSSR count). The Morgan fingerprint density at radius 1 is 1.33 bits per heavy atom. The van der Waals surface area contributed by atoms with Gasteiger partial charge in [0, 0.05) is 25.8 Å². The first kappa shape index (κ1) is 15.6. The zero-order valence-corrected chi connectivity index (χ0v) is 12.8. The summed E-state index contributed by atoms with van der Waals surface area (Å²) in [7, 11) is 1.88. The molecule has 1 aliphatic heterocycles. The van der Waals surface area contributed by atoms with Crippen molar-refractivity contribution in [3.8, 4) is 0 Å². The number of aromatic nitrogens is 1. The summed E-state index contributed by atoms with van der Waals surface area (Å²) in [5.74, 6) is -0.0256. The van der Waals surface area contributed by atoms with E-state index in [1.165, 1.54) is 11.1 Å². The molecule has 0 spiro atoms. The number of fused-ring (bicyclic) bond motifs is 1. The average Bonchev–Trinajstić information content (AvgIpc) is 2.91. The number of hydrogen-bond donors (Lipinski definition) is 2. The Labute approximate surface area is 131 Å². The molecule has 1 aliphatic rings. The van der Waals surface area contributed by atoms with E-state index >= 15 is 0 Å². The van der Waals surface area contributed by atoms with Gasteiger partial charge in [0.15, 0.2) is 0 Å². The third-order valence-electron chi connectivity index (χ3n) is 3.86. The van der Waals surface area contributed by atoms with Gasteiger partial charge in [-0.25, -0.2) is 0 Å². The number of halogens is 1. The number of amides is 1. The van der Waals surface area contributed by atoms with Gasteiger partial charge in [-0.2, -0.15) is 0 Å². The van der Waals surface area contributed by atoms with E-state index in [4.69, 9.17) is 0 Å². The van der Waals surface area contributed by atoms with Crippen LogP contribution in [0.15, 0.2) is 42.6 Å². The molecule has 21 heavy (non-hydrogen) atoms. The first-order valence-electron chi connectivity index (χ1n) is 6.96. The average molecular weight is 306 g/mol. The molecule has 0 radical (unpaired) electrons. The van der Waals surface area contributed by atoms with Crippen LogP contribution in [0.3, 0.4) is 0 Å². The van der Waals surface area contributed by atoms with Crippen molar-refractivity contribution in [3.63, 3.8) is 0 Å². The highest BCUT2D eigenvalue weighted by Crippen LogP contribution is 2.21. The van der Waals surface area contributed by atoms with E-state index in [2.05, 4.69) is 34.9 Å². The molecule has 1 aromatic heterocycles. The smallest absolute Gasteiger partial charge is 0.267 e. The summed E-state index contributed by atoms with van der Waals surface area (Å²) in [4.78, 5) is 12.1. The molecule has 0 aliphatic carbocycles. The van der Waals surface area contributed by atoms with E-state index in [0.717, 1.165) is 13.0 Å². The zero-order valence-electron chi connectivity index (χ0n) is 12.0. The molecular weight excluding hydrogens is 286 g/mol. The largest absolute Gasteiger partial charge is 0.349 e. The first-order valence-corrected chi connectivity index (χ1v) is 6.96. The van der Waals surface area contributed by atoms with Gasteiger partial charge in [0.25, 0.3) is 5.91 Å². The lowest BCUT2D eigenvalue weighted by atomic mass is 9.94. The van der Waals surface area contributed by atoms with Gasteiger partial charge in [0.2, 0.25) is 0 Å². The van der Waals surface area contributed by atoms with Crippen molar-refractivity contribution in [1.82, 2.24) is 15.2 Å². The summed E-state index contributed by atoms with van der Waals surface area (Å²) in [6, 6.07) is 12.3. The lowest BCUT2D eigenvalue weighted by Crippen LogP contribution is -2.39. The second-order valence-corrected chi connectivity index (χ2v) is 5.17. The van der Waals surface area contributed by atoms with Crippen molar-refractivity contribution in [2.24, 2.45) is 7.05 Å². The van der Waals surface area contributed by atoms with Crippen LogP contribution in [-0.2, 0) is 13.5 Å². The van der Waals surface area contributed by atoms with Crippen molar-refractivity contribution in [2.45, 2.75) is 12.5 Å². The van der Waals surface area contributed by atoms with Crippen molar-refractivity contribution >= 4 is 18.3 Å². The lowest BCUT2D eigenvalue weighted by Gasteiger charge is -2.27. The molecule has 5 heteroatoms. The van der Waals surface area contributed by atoms with Crippen LogP contribution in [-0.4, -0.2) is 23.6 Å². The molecule has 1 unspecified atom stereocenters. The first-order chi connectivity index (χ1) is 9.75. The van der Waals surface area contributed by atoms with Crippen molar-refractivity contribution in [1.29, 1.82) is 0 Å². The van der Waals surface area contributed by atoms with Crippen LogP contribution in [0, 0.1) is 0 Å².